The summed E-state index contributed by atoms with van der Waals surface area (Å²) >= 11 is 0. The van der Waals surface area contributed by atoms with E-state index in [0.29, 0.717) is 0 Å². The molecule has 2 unspecified atom stereocenters. The van der Waals surface area contributed by atoms with Crippen LogP contribution in [0.4, 0.5) is 4.39 Å². The average Bonchev–Trinajstić information content (AvgIpc) is 1.88. The van der Waals surface area contributed by atoms with Gasteiger partial charge in [0, 0.05) is 5.41 Å². The summed E-state index contributed by atoms with van der Waals surface area (Å²) in [5.74, 6) is 0.229. The molecule has 0 spiro atoms. The lowest BCUT2D eigenvalue weighted by Gasteiger charge is -2.31. The van der Waals surface area contributed by atoms with E-state index in [4.69, 9.17) is 5.11 Å². The average molecular weight is 162 g/mol. The van der Waals surface area contributed by atoms with Gasteiger partial charge in [0.2, 0.25) is 6.36 Å². The third-order valence-corrected chi connectivity index (χ3v) is 2.61. The molecule has 0 aliphatic rings. The fraction of sp³-hybridized carbons (Fsp3) is 1.00. The van der Waals surface area contributed by atoms with E-state index in [2.05, 4.69) is 6.92 Å². The van der Waals surface area contributed by atoms with E-state index in [0.717, 1.165) is 12.8 Å². The maximum absolute atomic E-state index is 12.6. The molecule has 0 heterocycles. The Labute approximate surface area is 68.6 Å². The van der Waals surface area contributed by atoms with Crippen LogP contribution in [-0.4, -0.2) is 11.5 Å². The Morgan fingerprint density at radius 3 is 2.18 bits per heavy atom. The lowest BCUT2D eigenvalue weighted by molar-refractivity contribution is -0.0831. The third-order valence-electron chi connectivity index (χ3n) is 2.61. The minimum Gasteiger partial charge on any atom is -0.364 e. The lowest BCUT2D eigenvalue weighted by atomic mass is 9.77. The van der Waals surface area contributed by atoms with E-state index >= 15 is 0 Å². The van der Waals surface area contributed by atoms with Gasteiger partial charge in [0.1, 0.15) is 0 Å². The van der Waals surface area contributed by atoms with Crippen LogP contribution in [0, 0.1) is 11.3 Å². The van der Waals surface area contributed by atoms with Crippen LogP contribution in [0.15, 0.2) is 0 Å². The fourth-order valence-electron chi connectivity index (χ4n) is 1.04. The number of rotatable bonds is 4. The van der Waals surface area contributed by atoms with Crippen molar-refractivity contribution in [3.05, 3.63) is 0 Å². The summed E-state index contributed by atoms with van der Waals surface area (Å²) in [4.78, 5) is 0. The maximum Gasteiger partial charge on any atom is 0.201 e. The van der Waals surface area contributed by atoms with Gasteiger partial charge in [-0.25, -0.2) is 4.39 Å². The Morgan fingerprint density at radius 1 is 1.45 bits per heavy atom. The van der Waals surface area contributed by atoms with Crippen molar-refractivity contribution in [1.29, 1.82) is 0 Å². The maximum atomic E-state index is 12.6. The van der Waals surface area contributed by atoms with Crippen LogP contribution in [0.5, 0.6) is 0 Å². The first-order valence-electron chi connectivity index (χ1n) is 4.25. The molecular formula is C9H19FO. The number of alkyl halides is 1. The summed E-state index contributed by atoms with van der Waals surface area (Å²) in [6.07, 6.45) is 0.301. The molecule has 68 valence electrons. The minimum absolute atomic E-state index is 0.229. The van der Waals surface area contributed by atoms with E-state index in [1.165, 1.54) is 0 Å². The second-order valence-electron chi connectivity index (χ2n) is 3.85. The van der Waals surface area contributed by atoms with E-state index < -0.39 is 11.8 Å². The second-order valence-corrected chi connectivity index (χ2v) is 3.85. The largest absolute Gasteiger partial charge is 0.364 e. The number of halogens is 1. The summed E-state index contributed by atoms with van der Waals surface area (Å²) in [6, 6.07) is 0. The Morgan fingerprint density at radius 2 is 1.91 bits per heavy atom. The number of aliphatic hydroxyl groups excluding tert-OH is 1. The van der Waals surface area contributed by atoms with Gasteiger partial charge in [-0.15, -0.1) is 0 Å². The summed E-state index contributed by atoms with van der Waals surface area (Å²) in [7, 11) is 0. The van der Waals surface area contributed by atoms with Gasteiger partial charge in [-0.2, -0.15) is 0 Å². The van der Waals surface area contributed by atoms with Crippen molar-refractivity contribution in [3.8, 4) is 0 Å². The molecule has 0 radical (unpaired) electrons. The zero-order chi connectivity index (χ0) is 9.07. The van der Waals surface area contributed by atoms with E-state index in [-0.39, 0.29) is 5.92 Å². The molecule has 0 aliphatic carbocycles. The molecule has 0 aromatic rings. The molecular weight excluding hydrogens is 143 g/mol. The van der Waals surface area contributed by atoms with Gasteiger partial charge in [0.25, 0.3) is 0 Å². The molecule has 0 bridgehead atoms. The molecule has 0 aromatic heterocycles. The Balaban J connectivity index is 4.05. The van der Waals surface area contributed by atoms with Crippen LogP contribution >= 0.6 is 0 Å². The zero-order valence-electron chi connectivity index (χ0n) is 7.89. The molecule has 11 heavy (non-hydrogen) atoms. The third kappa shape index (κ3) is 2.78. The molecule has 0 aromatic carbocycles. The van der Waals surface area contributed by atoms with E-state index in [1.807, 2.05) is 6.92 Å². The normalized spacial score (nSPS) is 18.0. The zero-order valence-corrected chi connectivity index (χ0v) is 7.89. The Kier molecular flexibility index (Phi) is 4.01. The number of hydrogen-bond acceptors (Lipinski definition) is 1. The Bertz CT molecular complexity index is 110. The van der Waals surface area contributed by atoms with Crippen molar-refractivity contribution in [3.63, 3.8) is 0 Å². The van der Waals surface area contributed by atoms with Crippen molar-refractivity contribution in [1.82, 2.24) is 0 Å². The number of aliphatic hydroxyl groups is 1. The highest BCUT2D eigenvalue weighted by molar-refractivity contribution is 4.76. The van der Waals surface area contributed by atoms with Gasteiger partial charge in [0.15, 0.2) is 0 Å². The molecule has 0 saturated heterocycles. The van der Waals surface area contributed by atoms with Gasteiger partial charge in [-0.3, -0.25) is 0 Å². The van der Waals surface area contributed by atoms with Gasteiger partial charge >= 0.3 is 0 Å². The molecule has 0 amide bonds. The summed E-state index contributed by atoms with van der Waals surface area (Å²) < 4.78 is 12.6. The summed E-state index contributed by atoms with van der Waals surface area (Å²) in [5.41, 5.74) is -0.601. The molecule has 0 rings (SSSR count). The molecule has 2 atom stereocenters. The number of hydrogen-bond donors (Lipinski definition) is 1. The van der Waals surface area contributed by atoms with Gasteiger partial charge in [-0.05, 0) is 5.92 Å². The van der Waals surface area contributed by atoms with Crippen LogP contribution in [0.3, 0.4) is 0 Å². The summed E-state index contributed by atoms with van der Waals surface area (Å²) in [6.45, 7) is 7.57. The van der Waals surface area contributed by atoms with Crippen LogP contribution in [0.1, 0.15) is 40.5 Å². The SMILES string of the molecule is CCCC(C)C(C)(C)C(O)F. The van der Waals surface area contributed by atoms with Gasteiger partial charge in [0.05, 0.1) is 0 Å². The molecule has 0 aliphatic heterocycles. The van der Waals surface area contributed by atoms with Crippen molar-refractivity contribution >= 4 is 0 Å². The monoisotopic (exact) mass is 162 g/mol. The van der Waals surface area contributed by atoms with Crippen molar-refractivity contribution in [2.45, 2.75) is 46.9 Å². The highest BCUT2D eigenvalue weighted by Crippen LogP contribution is 2.33. The smallest absolute Gasteiger partial charge is 0.201 e. The van der Waals surface area contributed by atoms with Crippen LogP contribution in [0.2, 0.25) is 0 Å². The van der Waals surface area contributed by atoms with Crippen molar-refractivity contribution in [2.24, 2.45) is 11.3 Å². The fourth-order valence-corrected chi connectivity index (χ4v) is 1.04. The topological polar surface area (TPSA) is 20.2 Å². The van der Waals surface area contributed by atoms with E-state index in [1.54, 1.807) is 13.8 Å². The first-order chi connectivity index (χ1) is 4.92. The molecule has 1 nitrogen and oxygen atoms in total. The van der Waals surface area contributed by atoms with Crippen molar-refractivity contribution in [2.75, 3.05) is 0 Å². The molecule has 2 heteroatoms. The van der Waals surface area contributed by atoms with Crippen LogP contribution in [-0.2, 0) is 0 Å². The minimum atomic E-state index is -1.70. The molecule has 0 fully saturated rings. The van der Waals surface area contributed by atoms with Crippen molar-refractivity contribution < 1.29 is 9.50 Å². The first kappa shape index (κ1) is 10.9. The van der Waals surface area contributed by atoms with Crippen LogP contribution in [0.25, 0.3) is 0 Å². The summed E-state index contributed by atoms with van der Waals surface area (Å²) in [5, 5.41) is 8.81. The van der Waals surface area contributed by atoms with Gasteiger partial charge < -0.3 is 5.11 Å². The standard InChI is InChI=1S/C9H19FO/c1-5-6-7(2)9(3,4)8(10)11/h7-8,11H,5-6H2,1-4H3. The van der Waals surface area contributed by atoms with E-state index in [9.17, 15) is 4.39 Å². The highest BCUT2D eigenvalue weighted by atomic mass is 19.1. The lowest BCUT2D eigenvalue weighted by Crippen LogP contribution is -2.32. The van der Waals surface area contributed by atoms with Crippen LogP contribution < -0.4 is 0 Å². The predicted octanol–water partition coefficient (Wildman–Crippen LogP) is 2.74. The Hall–Kier alpha value is -0.110. The molecule has 1 N–H and O–H groups in total. The molecule has 0 saturated carbocycles. The second kappa shape index (κ2) is 4.05. The highest BCUT2D eigenvalue weighted by Gasteiger charge is 2.33. The van der Waals surface area contributed by atoms with Gasteiger partial charge in [-0.1, -0.05) is 40.5 Å². The predicted molar refractivity (Wildman–Crippen MR) is 45.0 cm³/mol. The quantitative estimate of drug-likeness (QED) is 0.674. The first-order valence-corrected chi connectivity index (χ1v) is 4.25.